The van der Waals surface area contributed by atoms with Crippen molar-refractivity contribution in [1.29, 1.82) is 0 Å². The molecule has 134 valence electrons. The molecule has 0 spiro atoms. The maximum absolute atomic E-state index is 5.86. The molecule has 2 aromatic rings. The van der Waals surface area contributed by atoms with Gasteiger partial charge in [0.05, 0.1) is 24.1 Å². The van der Waals surface area contributed by atoms with Gasteiger partial charge in [-0.3, -0.25) is 4.90 Å². The molecule has 1 unspecified atom stereocenters. The monoisotopic (exact) mass is 339 g/mol. The molecule has 1 aromatic heterocycles. The number of para-hydroxylation sites is 1. The van der Waals surface area contributed by atoms with Crippen LogP contribution < -0.4 is 0 Å². The molecule has 0 amide bonds. The number of rotatable bonds is 4. The first-order chi connectivity index (χ1) is 12.2. The molecule has 1 aromatic carbocycles. The van der Waals surface area contributed by atoms with E-state index in [-0.39, 0.29) is 0 Å². The first-order valence-electron chi connectivity index (χ1n) is 9.70. The van der Waals surface area contributed by atoms with Gasteiger partial charge in [-0.2, -0.15) is 5.10 Å². The van der Waals surface area contributed by atoms with Crippen LogP contribution in [0.5, 0.6) is 0 Å². The Hall–Kier alpha value is -1.65. The predicted molar refractivity (Wildman–Crippen MR) is 100 cm³/mol. The van der Waals surface area contributed by atoms with E-state index in [1.54, 1.807) is 0 Å². The fourth-order valence-corrected chi connectivity index (χ4v) is 4.55. The SMILES string of the molecule is C[C@@H]1CN(CCC2CCCc3c2cnn3-c2ccccc2)C[C@H](C)O1. The topological polar surface area (TPSA) is 30.3 Å². The normalized spacial score (nSPS) is 27.2. The van der Waals surface area contributed by atoms with Crippen LogP contribution >= 0.6 is 0 Å². The Morgan fingerprint density at radius 1 is 1.12 bits per heavy atom. The second-order valence-electron chi connectivity index (χ2n) is 7.69. The van der Waals surface area contributed by atoms with Crippen molar-refractivity contribution in [2.75, 3.05) is 19.6 Å². The van der Waals surface area contributed by atoms with Crippen LogP contribution in [-0.2, 0) is 11.2 Å². The highest BCUT2D eigenvalue weighted by Crippen LogP contribution is 2.35. The number of fused-ring (bicyclic) bond motifs is 1. The molecular weight excluding hydrogens is 310 g/mol. The minimum absolute atomic E-state index is 0.353. The molecule has 3 atom stereocenters. The van der Waals surface area contributed by atoms with E-state index in [4.69, 9.17) is 9.84 Å². The van der Waals surface area contributed by atoms with Crippen molar-refractivity contribution in [2.45, 2.75) is 57.7 Å². The lowest BCUT2D eigenvalue weighted by molar-refractivity contribution is -0.0685. The van der Waals surface area contributed by atoms with Crippen molar-refractivity contribution < 1.29 is 4.74 Å². The summed E-state index contributed by atoms with van der Waals surface area (Å²) >= 11 is 0. The molecule has 1 aliphatic heterocycles. The molecular formula is C21H29N3O. The van der Waals surface area contributed by atoms with Gasteiger partial charge in [-0.05, 0) is 69.7 Å². The van der Waals surface area contributed by atoms with Crippen molar-refractivity contribution in [1.82, 2.24) is 14.7 Å². The van der Waals surface area contributed by atoms with Crippen molar-refractivity contribution in [3.63, 3.8) is 0 Å². The van der Waals surface area contributed by atoms with E-state index in [1.165, 1.54) is 42.8 Å². The highest BCUT2D eigenvalue weighted by molar-refractivity contribution is 5.37. The van der Waals surface area contributed by atoms with Gasteiger partial charge in [-0.15, -0.1) is 0 Å². The third-order valence-corrected chi connectivity index (χ3v) is 5.60. The third-order valence-electron chi connectivity index (χ3n) is 5.60. The molecule has 0 bridgehead atoms. The van der Waals surface area contributed by atoms with E-state index in [0.717, 1.165) is 19.5 Å². The lowest BCUT2D eigenvalue weighted by atomic mass is 9.84. The number of morpholine rings is 1. The van der Waals surface area contributed by atoms with Gasteiger partial charge in [0.25, 0.3) is 0 Å². The highest BCUT2D eigenvalue weighted by atomic mass is 16.5. The minimum Gasteiger partial charge on any atom is -0.373 e. The molecule has 1 saturated heterocycles. The Kier molecular flexibility index (Phi) is 4.91. The molecule has 25 heavy (non-hydrogen) atoms. The smallest absolute Gasteiger partial charge is 0.0678 e. The van der Waals surface area contributed by atoms with Gasteiger partial charge in [0.2, 0.25) is 0 Å². The molecule has 0 radical (unpaired) electrons. The van der Waals surface area contributed by atoms with Gasteiger partial charge in [0.15, 0.2) is 0 Å². The molecule has 0 N–H and O–H groups in total. The minimum atomic E-state index is 0.353. The van der Waals surface area contributed by atoms with Crippen LogP contribution in [0.15, 0.2) is 36.5 Å². The Morgan fingerprint density at radius 2 is 1.88 bits per heavy atom. The van der Waals surface area contributed by atoms with Crippen molar-refractivity contribution >= 4 is 0 Å². The molecule has 2 aliphatic rings. The van der Waals surface area contributed by atoms with Crippen LogP contribution in [0, 0.1) is 0 Å². The Morgan fingerprint density at radius 3 is 2.64 bits per heavy atom. The summed E-state index contributed by atoms with van der Waals surface area (Å²) in [4.78, 5) is 2.58. The summed E-state index contributed by atoms with van der Waals surface area (Å²) in [6.45, 7) is 7.66. The molecule has 1 fully saturated rings. The number of nitrogens with zero attached hydrogens (tertiary/aromatic N) is 3. The van der Waals surface area contributed by atoms with Gasteiger partial charge in [-0.25, -0.2) is 4.68 Å². The molecule has 4 rings (SSSR count). The van der Waals surface area contributed by atoms with Crippen LogP contribution in [0.2, 0.25) is 0 Å². The zero-order valence-corrected chi connectivity index (χ0v) is 15.4. The van der Waals surface area contributed by atoms with Crippen molar-refractivity contribution in [3.8, 4) is 5.69 Å². The van der Waals surface area contributed by atoms with E-state index >= 15 is 0 Å². The number of benzene rings is 1. The van der Waals surface area contributed by atoms with Gasteiger partial charge < -0.3 is 4.74 Å². The van der Waals surface area contributed by atoms with Gasteiger partial charge in [0.1, 0.15) is 0 Å². The van der Waals surface area contributed by atoms with Gasteiger partial charge >= 0.3 is 0 Å². The summed E-state index contributed by atoms with van der Waals surface area (Å²) in [6.07, 6.45) is 7.77. The van der Waals surface area contributed by atoms with Crippen LogP contribution in [0.1, 0.15) is 50.3 Å². The number of hydrogen-bond acceptors (Lipinski definition) is 3. The Bertz CT molecular complexity index is 686. The fourth-order valence-electron chi connectivity index (χ4n) is 4.55. The summed E-state index contributed by atoms with van der Waals surface area (Å²) in [5, 5.41) is 4.72. The Balaban J connectivity index is 1.46. The standard InChI is InChI=1S/C21H29N3O/c1-16-14-23(15-17(2)25-16)12-11-18-7-6-10-21-20(18)13-22-24(21)19-8-4-3-5-9-19/h3-5,8-9,13,16-18H,6-7,10-12,14-15H2,1-2H3/t16-,17+,18?. The summed E-state index contributed by atoms with van der Waals surface area (Å²) < 4.78 is 8.01. The zero-order chi connectivity index (χ0) is 17.2. The molecule has 4 heteroatoms. The van der Waals surface area contributed by atoms with Crippen molar-refractivity contribution in [3.05, 3.63) is 47.8 Å². The Labute approximate surface area is 150 Å². The van der Waals surface area contributed by atoms with Crippen LogP contribution in [0.25, 0.3) is 5.69 Å². The van der Waals surface area contributed by atoms with E-state index in [9.17, 15) is 0 Å². The zero-order valence-electron chi connectivity index (χ0n) is 15.4. The fraction of sp³-hybridized carbons (Fsp3) is 0.571. The number of aromatic nitrogens is 2. The quantitative estimate of drug-likeness (QED) is 0.849. The van der Waals surface area contributed by atoms with E-state index in [0.29, 0.717) is 18.1 Å². The second-order valence-corrected chi connectivity index (χ2v) is 7.69. The average molecular weight is 339 g/mol. The van der Waals surface area contributed by atoms with E-state index in [2.05, 4.69) is 60.0 Å². The summed E-state index contributed by atoms with van der Waals surface area (Å²) in [5.74, 6) is 0.648. The average Bonchev–Trinajstić information content (AvgIpc) is 3.04. The van der Waals surface area contributed by atoms with Crippen molar-refractivity contribution in [2.24, 2.45) is 0 Å². The van der Waals surface area contributed by atoms with E-state index < -0.39 is 0 Å². The molecule has 0 saturated carbocycles. The van der Waals surface area contributed by atoms with E-state index in [1.807, 2.05) is 0 Å². The van der Waals surface area contributed by atoms with Crippen LogP contribution in [0.3, 0.4) is 0 Å². The van der Waals surface area contributed by atoms with Crippen LogP contribution in [0.4, 0.5) is 0 Å². The van der Waals surface area contributed by atoms with Gasteiger partial charge in [-0.1, -0.05) is 18.2 Å². The highest BCUT2D eigenvalue weighted by Gasteiger charge is 2.27. The second kappa shape index (κ2) is 7.30. The molecule has 1 aliphatic carbocycles. The molecule has 4 nitrogen and oxygen atoms in total. The summed E-state index contributed by atoms with van der Waals surface area (Å²) in [5.41, 5.74) is 4.08. The molecule has 2 heterocycles. The third kappa shape index (κ3) is 3.65. The maximum Gasteiger partial charge on any atom is 0.0678 e. The number of hydrogen-bond donors (Lipinski definition) is 0. The number of ether oxygens (including phenoxy) is 1. The summed E-state index contributed by atoms with van der Waals surface area (Å²) in [7, 11) is 0. The lowest BCUT2D eigenvalue weighted by Gasteiger charge is -2.36. The van der Waals surface area contributed by atoms with Gasteiger partial charge in [0, 0.05) is 18.8 Å². The largest absolute Gasteiger partial charge is 0.373 e. The predicted octanol–water partition coefficient (Wildman–Crippen LogP) is 3.79. The summed E-state index contributed by atoms with van der Waals surface area (Å²) in [6, 6.07) is 10.5. The first-order valence-corrected chi connectivity index (χ1v) is 9.70. The first kappa shape index (κ1) is 16.8. The lowest BCUT2D eigenvalue weighted by Crippen LogP contribution is -2.45. The van der Waals surface area contributed by atoms with Crippen LogP contribution in [-0.4, -0.2) is 46.5 Å². The maximum atomic E-state index is 5.86.